The van der Waals surface area contributed by atoms with E-state index in [9.17, 15) is 14.4 Å². The molecule has 1 saturated carbocycles. The molecule has 0 radical (unpaired) electrons. The van der Waals surface area contributed by atoms with Gasteiger partial charge in [0, 0.05) is 24.5 Å². The van der Waals surface area contributed by atoms with Crippen LogP contribution in [0.3, 0.4) is 0 Å². The summed E-state index contributed by atoms with van der Waals surface area (Å²) >= 11 is 0. The van der Waals surface area contributed by atoms with Gasteiger partial charge in [0.15, 0.2) is 11.8 Å². The molecule has 0 spiro atoms. The van der Waals surface area contributed by atoms with Gasteiger partial charge in [-0.05, 0) is 38.7 Å². The van der Waals surface area contributed by atoms with Gasteiger partial charge in [0.2, 0.25) is 0 Å². The third kappa shape index (κ3) is 5.14. The Bertz CT molecular complexity index is 992. The number of hydrogen-bond donors (Lipinski definition) is 0. The highest BCUT2D eigenvalue weighted by molar-refractivity contribution is 6.02. The highest BCUT2D eigenvalue weighted by Gasteiger charge is 2.30. The Hall–Kier alpha value is -2.70. The number of ether oxygens (including phenoxy) is 1. The lowest BCUT2D eigenvalue weighted by atomic mass is 9.94. The van der Waals surface area contributed by atoms with Crippen LogP contribution in [0.25, 0.3) is 10.8 Å². The fraction of sp³-hybridized carbons (Fsp3) is 0.583. The normalized spacial score (nSPS) is 15.8. The Balaban J connectivity index is 1.86. The minimum atomic E-state index is -0.916. The molecule has 1 aliphatic rings. The molecule has 0 bridgehead atoms. The minimum absolute atomic E-state index is 0.0659. The van der Waals surface area contributed by atoms with Crippen LogP contribution in [0.5, 0.6) is 0 Å². The summed E-state index contributed by atoms with van der Waals surface area (Å²) in [6, 6.07) is 7.09. The number of rotatable bonds is 7. The fourth-order valence-electron chi connectivity index (χ4n) is 4.34. The van der Waals surface area contributed by atoms with E-state index in [2.05, 4.69) is 5.10 Å². The number of aromatic nitrogens is 2. The lowest BCUT2D eigenvalue weighted by Gasteiger charge is -2.35. The van der Waals surface area contributed by atoms with Crippen LogP contribution in [0.15, 0.2) is 29.1 Å². The van der Waals surface area contributed by atoms with E-state index < -0.39 is 12.1 Å². The second-order valence-electron chi connectivity index (χ2n) is 8.74. The van der Waals surface area contributed by atoms with Crippen molar-refractivity contribution in [2.45, 2.75) is 78.5 Å². The van der Waals surface area contributed by atoms with E-state index >= 15 is 0 Å². The predicted octanol–water partition coefficient (Wildman–Crippen LogP) is 3.78. The van der Waals surface area contributed by atoms with Crippen LogP contribution in [0.4, 0.5) is 0 Å². The maximum atomic E-state index is 13.0. The third-order valence-electron chi connectivity index (χ3n) is 5.87. The molecule has 2 aromatic rings. The van der Waals surface area contributed by atoms with Crippen molar-refractivity contribution in [2.75, 3.05) is 6.54 Å². The lowest BCUT2D eigenvalue weighted by Crippen LogP contribution is -2.46. The first kappa shape index (κ1) is 23.0. The average molecular weight is 428 g/mol. The zero-order valence-electron chi connectivity index (χ0n) is 19.0. The maximum Gasteiger partial charge on any atom is 0.360 e. The van der Waals surface area contributed by atoms with Crippen LogP contribution < -0.4 is 5.56 Å². The number of benzene rings is 1. The van der Waals surface area contributed by atoms with Crippen molar-refractivity contribution in [3.8, 4) is 0 Å². The number of esters is 1. The van der Waals surface area contributed by atoms with Gasteiger partial charge in [0.25, 0.3) is 11.5 Å². The van der Waals surface area contributed by atoms with Gasteiger partial charge < -0.3 is 9.64 Å². The van der Waals surface area contributed by atoms with Gasteiger partial charge in [-0.2, -0.15) is 5.10 Å². The highest BCUT2D eigenvalue weighted by Crippen LogP contribution is 2.24. The van der Waals surface area contributed by atoms with Crippen molar-refractivity contribution in [1.82, 2.24) is 14.7 Å². The molecule has 1 heterocycles. The first-order chi connectivity index (χ1) is 14.8. The number of amides is 1. The van der Waals surface area contributed by atoms with Gasteiger partial charge >= 0.3 is 5.97 Å². The molecule has 168 valence electrons. The molecule has 3 rings (SSSR count). The number of nitrogens with zero attached hydrogens (tertiary/aromatic N) is 3. The van der Waals surface area contributed by atoms with Crippen molar-refractivity contribution >= 4 is 22.6 Å². The Labute approximate surface area is 183 Å². The molecule has 7 nitrogen and oxygen atoms in total. The monoisotopic (exact) mass is 427 g/mol. The maximum absolute atomic E-state index is 13.0. The molecular formula is C24H33N3O4. The number of carbonyl (C=O) groups is 2. The summed E-state index contributed by atoms with van der Waals surface area (Å²) in [7, 11) is 0. The molecule has 1 aliphatic carbocycles. The van der Waals surface area contributed by atoms with Gasteiger partial charge in [-0.3, -0.25) is 9.59 Å². The van der Waals surface area contributed by atoms with Gasteiger partial charge in [-0.1, -0.05) is 51.3 Å². The van der Waals surface area contributed by atoms with Crippen LogP contribution in [-0.4, -0.2) is 45.2 Å². The molecule has 1 amide bonds. The van der Waals surface area contributed by atoms with Crippen molar-refractivity contribution in [2.24, 2.45) is 5.92 Å². The lowest BCUT2D eigenvalue weighted by molar-refractivity contribution is -0.142. The van der Waals surface area contributed by atoms with Gasteiger partial charge in [0.1, 0.15) is 0 Å². The second kappa shape index (κ2) is 10.1. The summed E-state index contributed by atoms with van der Waals surface area (Å²) in [6.07, 6.45) is 4.52. The molecule has 1 fully saturated rings. The zero-order chi connectivity index (χ0) is 22.5. The van der Waals surface area contributed by atoms with Crippen molar-refractivity contribution in [3.63, 3.8) is 0 Å². The van der Waals surface area contributed by atoms with Crippen LogP contribution in [0.2, 0.25) is 0 Å². The second-order valence-corrected chi connectivity index (χ2v) is 8.74. The van der Waals surface area contributed by atoms with E-state index in [1.54, 1.807) is 31.2 Å². The molecule has 1 atom stereocenters. The van der Waals surface area contributed by atoms with E-state index in [1.165, 1.54) is 11.1 Å². The molecule has 0 saturated heterocycles. The standard InChI is InChI=1S/C24H33N3O4/c1-5-26(18-11-7-6-8-12-18)22(28)17(4)31-24(30)21-19-13-9-10-14-20(19)23(29)27(25-21)15-16(2)3/h9-10,13-14,16-18H,5-8,11-12,15H2,1-4H3/t17-/m0/s1. The van der Waals surface area contributed by atoms with Gasteiger partial charge in [0.05, 0.1) is 5.39 Å². The van der Waals surface area contributed by atoms with E-state index in [0.29, 0.717) is 23.9 Å². The Morgan fingerprint density at radius 1 is 1.13 bits per heavy atom. The van der Waals surface area contributed by atoms with E-state index in [0.717, 1.165) is 25.7 Å². The van der Waals surface area contributed by atoms with Gasteiger partial charge in [-0.25, -0.2) is 9.48 Å². The number of carbonyl (C=O) groups excluding carboxylic acids is 2. The first-order valence-electron chi connectivity index (χ1n) is 11.3. The number of fused-ring (bicyclic) bond motifs is 1. The van der Waals surface area contributed by atoms with Crippen LogP contribution in [-0.2, 0) is 16.1 Å². The Morgan fingerprint density at radius 2 is 1.77 bits per heavy atom. The highest BCUT2D eigenvalue weighted by atomic mass is 16.5. The van der Waals surface area contributed by atoms with Crippen molar-refractivity contribution in [1.29, 1.82) is 0 Å². The summed E-state index contributed by atoms with van der Waals surface area (Å²) in [5.74, 6) is -0.679. The molecule has 7 heteroatoms. The molecule has 0 aliphatic heterocycles. The molecule has 0 N–H and O–H groups in total. The van der Waals surface area contributed by atoms with Crippen LogP contribution in [0.1, 0.15) is 70.3 Å². The van der Waals surface area contributed by atoms with Crippen molar-refractivity contribution < 1.29 is 14.3 Å². The quantitative estimate of drug-likeness (QED) is 0.628. The fourth-order valence-corrected chi connectivity index (χ4v) is 4.34. The molecule has 1 aromatic heterocycles. The largest absolute Gasteiger partial charge is 0.448 e. The summed E-state index contributed by atoms with van der Waals surface area (Å²) in [5, 5.41) is 5.17. The van der Waals surface area contributed by atoms with Crippen molar-refractivity contribution in [3.05, 3.63) is 40.3 Å². The Kier molecular flexibility index (Phi) is 7.46. The summed E-state index contributed by atoms with van der Waals surface area (Å²) in [5.41, 5.74) is -0.171. The van der Waals surface area contributed by atoms with E-state index in [1.807, 2.05) is 25.7 Å². The third-order valence-corrected chi connectivity index (χ3v) is 5.87. The first-order valence-corrected chi connectivity index (χ1v) is 11.3. The smallest absolute Gasteiger partial charge is 0.360 e. The average Bonchev–Trinajstić information content (AvgIpc) is 2.76. The number of hydrogen-bond acceptors (Lipinski definition) is 5. The van der Waals surface area contributed by atoms with E-state index in [-0.39, 0.29) is 29.1 Å². The zero-order valence-corrected chi connectivity index (χ0v) is 19.0. The van der Waals surface area contributed by atoms with E-state index in [4.69, 9.17) is 4.74 Å². The van der Waals surface area contributed by atoms with Crippen LogP contribution in [0, 0.1) is 5.92 Å². The summed E-state index contributed by atoms with van der Waals surface area (Å²) < 4.78 is 6.89. The summed E-state index contributed by atoms with van der Waals surface area (Å²) in [6.45, 7) is 8.50. The predicted molar refractivity (Wildman–Crippen MR) is 120 cm³/mol. The van der Waals surface area contributed by atoms with Crippen LogP contribution >= 0.6 is 0 Å². The van der Waals surface area contributed by atoms with Gasteiger partial charge in [-0.15, -0.1) is 0 Å². The molecule has 1 aromatic carbocycles. The molecule has 31 heavy (non-hydrogen) atoms. The SMILES string of the molecule is CCN(C(=O)[C@H](C)OC(=O)c1nn(CC(C)C)c(=O)c2ccccc12)C1CCCCC1. The number of likely N-dealkylation sites (N-methyl/N-ethyl adjacent to an activating group) is 1. The Morgan fingerprint density at radius 3 is 2.39 bits per heavy atom. The summed E-state index contributed by atoms with van der Waals surface area (Å²) in [4.78, 5) is 40.7. The minimum Gasteiger partial charge on any atom is -0.448 e. The topological polar surface area (TPSA) is 81.5 Å². The molecular weight excluding hydrogens is 394 g/mol. The molecule has 0 unspecified atom stereocenters.